The lowest BCUT2D eigenvalue weighted by molar-refractivity contribution is -0.150. The second-order valence-corrected chi connectivity index (χ2v) is 3.86. The molecule has 0 rings (SSSR count). The standard InChI is InChI=1S/C12H22O4/c1-5-11(15-9(3)13)7-8-12(6-2)16-10(4)14/h11-12H,5-8H2,1-4H3/t11-,12-/m1/s1. The van der Waals surface area contributed by atoms with Gasteiger partial charge in [-0.05, 0) is 25.7 Å². The fourth-order valence-electron chi connectivity index (χ4n) is 1.53. The van der Waals surface area contributed by atoms with Crippen LogP contribution in [0.25, 0.3) is 0 Å². The maximum atomic E-state index is 10.8. The maximum Gasteiger partial charge on any atom is 0.302 e. The van der Waals surface area contributed by atoms with E-state index in [1.165, 1.54) is 13.8 Å². The molecule has 0 saturated heterocycles. The van der Waals surface area contributed by atoms with Crippen molar-refractivity contribution in [3.05, 3.63) is 0 Å². The lowest BCUT2D eigenvalue weighted by Crippen LogP contribution is -2.21. The van der Waals surface area contributed by atoms with E-state index in [1.807, 2.05) is 13.8 Å². The van der Waals surface area contributed by atoms with E-state index in [0.717, 1.165) is 25.7 Å². The summed E-state index contributed by atoms with van der Waals surface area (Å²) in [6.45, 7) is 6.76. The monoisotopic (exact) mass is 230 g/mol. The van der Waals surface area contributed by atoms with Gasteiger partial charge in [0, 0.05) is 13.8 Å². The average molecular weight is 230 g/mol. The quantitative estimate of drug-likeness (QED) is 0.630. The molecule has 0 aliphatic rings. The minimum atomic E-state index is -0.257. The molecule has 0 saturated carbocycles. The Labute approximate surface area is 97.3 Å². The van der Waals surface area contributed by atoms with Crippen LogP contribution in [-0.4, -0.2) is 24.1 Å². The molecule has 16 heavy (non-hydrogen) atoms. The first kappa shape index (κ1) is 14.9. The summed E-state index contributed by atoms with van der Waals surface area (Å²) in [5.41, 5.74) is 0. The Kier molecular flexibility index (Phi) is 7.60. The van der Waals surface area contributed by atoms with Gasteiger partial charge >= 0.3 is 11.9 Å². The molecule has 0 aromatic heterocycles. The van der Waals surface area contributed by atoms with Gasteiger partial charge in [-0.25, -0.2) is 0 Å². The second-order valence-electron chi connectivity index (χ2n) is 3.86. The molecule has 4 nitrogen and oxygen atoms in total. The van der Waals surface area contributed by atoms with Crippen LogP contribution in [0.2, 0.25) is 0 Å². The van der Waals surface area contributed by atoms with E-state index in [1.54, 1.807) is 0 Å². The van der Waals surface area contributed by atoms with Gasteiger partial charge in [0.05, 0.1) is 0 Å². The largest absolute Gasteiger partial charge is 0.463 e. The maximum absolute atomic E-state index is 10.8. The van der Waals surface area contributed by atoms with Crippen molar-refractivity contribution < 1.29 is 19.1 Å². The topological polar surface area (TPSA) is 52.6 Å². The number of hydrogen-bond donors (Lipinski definition) is 0. The Bertz CT molecular complexity index is 201. The highest BCUT2D eigenvalue weighted by atomic mass is 16.5. The normalized spacial score (nSPS) is 14.0. The van der Waals surface area contributed by atoms with Crippen LogP contribution in [-0.2, 0) is 19.1 Å². The van der Waals surface area contributed by atoms with E-state index in [4.69, 9.17) is 9.47 Å². The fraction of sp³-hybridized carbons (Fsp3) is 0.833. The van der Waals surface area contributed by atoms with Crippen molar-refractivity contribution in [1.82, 2.24) is 0 Å². The second kappa shape index (κ2) is 8.13. The summed E-state index contributed by atoms with van der Waals surface area (Å²) >= 11 is 0. The molecule has 4 heteroatoms. The first-order valence-corrected chi connectivity index (χ1v) is 5.84. The zero-order valence-corrected chi connectivity index (χ0v) is 10.6. The van der Waals surface area contributed by atoms with Crippen LogP contribution in [0.5, 0.6) is 0 Å². The van der Waals surface area contributed by atoms with Crippen LogP contribution >= 0.6 is 0 Å². The van der Waals surface area contributed by atoms with Crippen molar-refractivity contribution in [1.29, 1.82) is 0 Å². The van der Waals surface area contributed by atoms with Crippen molar-refractivity contribution >= 4 is 11.9 Å². The van der Waals surface area contributed by atoms with Crippen LogP contribution in [0.4, 0.5) is 0 Å². The molecule has 0 aromatic rings. The van der Waals surface area contributed by atoms with Crippen LogP contribution < -0.4 is 0 Å². The Morgan fingerprint density at radius 1 is 0.875 bits per heavy atom. The fourth-order valence-corrected chi connectivity index (χ4v) is 1.53. The molecule has 0 N–H and O–H groups in total. The van der Waals surface area contributed by atoms with E-state index in [0.29, 0.717) is 0 Å². The predicted molar refractivity (Wildman–Crippen MR) is 60.9 cm³/mol. The minimum absolute atomic E-state index is 0.0675. The van der Waals surface area contributed by atoms with Gasteiger partial charge in [-0.3, -0.25) is 9.59 Å². The third kappa shape index (κ3) is 7.26. The van der Waals surface area contributed by atoms with Gasteiger partial charge in [0.15, 0.2) is 0 Å². The molecule has 2 atom stereocenters. The summed E-state index contributed by atoms with van der Waals surface area (Å²) in [5.74, 6) is -0.514. The molecule has 0 heterocycles. The Morgan fingerprint density at radius 3 is 1.38 bits per heavy atom. The van der Waals surface area contributed by atoms with Gasteiger partial charge in [0.2, 0.25) is 0 Å². The van der Waals surface area contributed by atoms with Crippen molar-refractivity contribution in [3.63, 3.8) is 0 Å². The van der Waals surface area contributed by atoms with Gasteiger partial charge in [0.1, 0.15) is 12.2 Å². The highest BCUT2D eigenvalue weighted by Crippen LogP contribution is 2.13. The molecule has 0 aromatic carbocycles. The van der Waals surface area contributed by atoms with Gasteiger partial charge in [0.25, 0.3) is 0 Å². The van der Waals surface area contributed by atoms with Crippen molar-refractivity contribution in [3.8, 4) is 0 Å². The summed E-state index contributed by atoms with van der Waals surface area (Å²) in [6.07, 6.45) is 2.92. The third-order valence-corrected chi connectivity index (χ3v) is 2.39. The number of rotatable bonds is 7. The number of ether oxygens (including phenoxy) is 2. The van der Waals surface area contributed by atoms with Crippen LogP contribution in [0.15, 0.2) is 0 Å². The summed E-state index contributed by atoms with van der Waals surface area (Å²) < 4.78 is 10.2. The van der Waals surface area contributed by atoms with E-state index in [9.17, 15) is 9.59 Å². The van der Waals surface area contributed by atoms with Crippen molar-refractivity contribution in [2.24, 2.45) is 0 Å². The van der Waals surface area contributed by atoms with Crippen LogP contribution in [0.3, 0.4) is 0 Å². The van der Waals surface area contributed by atoms with Gasteiger partial charge in [-0.1, -0.05) is 13.8 Å². The molecule has 0 fully saturated rings. The average Bonchev–Trinajstić information content (AvgIpc) is 2.20. The molecule has 0 aliphatic heterocycles. The zero-order valence-electron chi connectivity index (χ0n) is 10.6. The first-order chi connectivity index (χ1) is 7.49. The highest BCUT2D eigenvalue weighted by molar-refractivity contribution is 5.66. The predicted octanol–water partition coefficient (Wildman–Crippen LogP) is 2.45. The van der Waals surface area contributed by atoms with Gasteiger partial charge in [-0.15, -0.1) is 0 Å². The van der Waals surface area contributed by atoms with Gasteiger partial charge < -0.3 is 9.47 Å². The summed E-state index contributed by atoms with van der Waals surface area (Å²) in [5, 5.41) is 0. The number of hydrogen-bond acceptors (Lipinski definition) is 4. The number of esters is 2. The lowest BCUT2D eigenvalue weighted by Gasteiger charge is -2.19. The number of carbonyl (C=O) groups is 2. The molecule has 0 radical (unpaired) electrons. The minimum Gasteiger partial charge on any atom is -0.463 e. The summed E-state index contributed by atoms with van der Waals surface area (Å²) in [6, 6.07) is 0. The summed E-state index contributed by atoms with van der Waals surface area (Å²) in [4.78, 5) is 21.6. The van der Waals surface area contributed by atoms with E-state index < -0.39 is 0 Å². The Hall–Kier alpha value is -1.06. The third-order valence-electron chi connectivity index (χ3n) is 2.39. The molecule has 0 bridgehead atoms. The number of carbonyl (C=O) groups excluding carboxylic acids is 2. The van der Waals surface area contributed by atoms with Crippen LogP contribution in [0.1, 0.15) is 53.4 Å². The SMILES string of the molecule is CC[C@H](CC[C@@H](CC)OC(C)=O)OC(C)=O. The molecule has 0 spiro atoms. The van der Waals surface area contributed by atoms with Gasteiger partial charge in [-0.2, -0.15) is 0 Å². The molecule has 0 amide bonds. The zero-order chi connectivity index (χ0) is 12.6. The van der Waals surface area contributed by atoms with Crippen molar-refractivity contribution in [2.45, 2.75) is 65.6 Å². The Balaban J connectivity index is 3.96. The summed E-state index contributed by atoms with van der Waals surface area (Å²) in [7, 11) is 0. The van der Waals surface area contributed by atoms with Crippen molar-refractivity contribution in [2.75, 3.05) is 0 Å². The van der Waals surface area contributed by atoms with E-state index in [-0.39, 0.29) is 24.1 Å². The molecule has 0 unspecified atom stereocenters. The molecular weight excluding hydrogens is 208 g/mol. The molecule has 94 valence electrons. The Morgan fingerprint density at radius 2 is 1.19 bits per heavy atom. The molecular formula is C12H22O4. The lowest BCUT2D eigenvalue weighted by atomic mass is 10.1. The van der Waals surface area contributed by atoms with E-state index >= 15 is 0 Å². The first-order valence-electron chi connectivity index (χ1n) is 5.84. The molecule has 0 aliphatic carbocycles. The van der Waals surface area contributed by atoms with Crippen LogP contribution in [0, 0.1) is 0 Å². The smallest absolute Gasteiger partial charge is 0.302 e. The highest BCUT2D eigenvalue weighted by Gasteiger charge is 2.15. The van der Waals surface area contributed by atoms with E-state index in [2.05, 4.69) is 0 Å².